The Hall–Kier alpha value is -2.88. The Morgan fingerprint density at radius 1 is 0.724 bits per heavy atom. The van der Waals surface area contributed by atoms with Gasteiger partial charge in [-0.1, -0.05) is 12.1 Å². The fourth-order valence-corrected chi connectivity index (χ4v) is 2.50. The van der Waals surface area contributed by atoms with E-state index in [0.717, 1.165) is 37.6 Å². The van der Waals surface area contributed by atoms with Gasteiger partial charge in [0, 0.05) is 39.3 Å². The molecule has 2 aromatic rings. The standard InChI is InChI=1S/C20H27N5O4/c1-28-19(26)17-7-3-5-15(24-17)13-22-11-9-21-10-12-23-14-16-6-4-8-18(25-16)20(27)29-2/h3-8,21-23H,9-14H2,1-2H3. The zero-order chi connectivity index (χ0) is 20.9. The van der Waals surface area contributed by atoms with Crippen LogP contribution in [0.1, 0.15) is 32.4 Å². The zero-order valence-electron chi connectivity index (χ0n) is 16.7. The fraction of sp³-hybridized carbons (Fsp3) is 0.400. The van der Waals surface area contributed by atoms with Crippen molar-refractivity contribution >= 4 is 11.9 Å². The van der Waals surface area contributed by atoms with Gasteiger partial charge in [0.15, 0.2) is 0 Å². The highest BCUT2D eigenvalue weighted by Gasteiger charge is 2.08. The van der Waals surface area contributed by atoms with Gasteiger partial charge < -0.3 is 25.4 Å². The molecule has 0 aliphatic heterocycles. The molecular weight excluding hydrogens is 374 g/mol. The van der Waals surface area contributed by atoms with Crippen molar-refractivity contribution in [1.29, 1.82) is 0 Å². The topological polar surface area (TPSA) is 114 Å². The van der Waals surface area contributed by atoms with Crippen LogP contribution in [0.3, 0.4) is 0 Å². The van der Waals surface area contributed by atoms with Crippen LogP contribution in [0.5, 0.6) is 0 Å². The molecule has 2 heterocycles. The second-order valence-corrected chi connectivity index (χ2v) is 6.12. The van der Waals surface area contributed by atoms with Gasteiger partial charge >= 0.3 is 11.9 Å². The first-order valence-electron chi connectivity index (χ1n) is 9.34. The van der Waals surface area contributed by atoms with Crippen LogP contribution < -0.4 is 16.0 Å². The van der Waals surface area contributed by atoms with Crippen LogP contribution >= 0.6 is 0 Å². The summed E-state index contributed by atoms with van der Waals surface area (Å²) in [6.45, 7) is 4.29. The highest BCUT2D eigenvalue weighted by atomic mass is 16.5. The molecule has 3 N–H and O–H groups in total. The Morgan fingerprint density at radius 3 is 1.55 bits per heavy atom. The van der Waals surface area contributed by atoms with Gasteiger partial charge in [0.1, 0.15) is 11.4 Å². The predicted molar refractivity (Wildman–Crippen MR) is 107 cm³/mol. The molecule has 9 heteroatoms. The van der Waals surface area contributed by atoms with Gasteiger partial charge in [0.05, 0.1) is 25.6 Å². The Kier molecular flexibility index (Phi) is 9.70. The van der Waals surface area contributed by atoms with E-state index < -0.39 is 11.9 Å². The largest absolute Gasteiger partial charge is 0.464 e. The van der Waals surface area contributed by atoms with Crippen molar-refractivity contribution in [3.05, 3.63) is 59.2 Å². The molecule has 0 saturated carbocycles. The number of esters is 2. The van der Waals surface area contributed by atoms with Crippen molar-refractivity contribution in [2.24, 2.45) is 0 Å². The quantitative estimate of drug-likeness (QED) is 0.346. The second kappa shape index (κ2) is 12.6. The minimum atomic E-state index is -0.437. The third-order valence-electron chi connectivity index (χ3n) is 3.97. The molecule has 156 valence electrons. The van der Waals surface area contributed by atoms with Crippen molar-refractivity contribution in [2.75, 3.05) is 40.4 Å². The van der Waals surface area contributed by atoms with Gasteiger partial charge in [0.2, 0.25) is 0 Å². The number of aromatic nitrogens is 2. The molecule has 0 amide bonds. The number of pyridine rings is 2. The van der Waals surface area contributed by atoms with Crippen molar-refractivity contribution < 1.29 is 19.1 Å². The monoisotopic (exact) mass is 401 g/mol. The minimum Gasteiger partial charge on any atom is -0.464 e. The number of carbonyl (C=O) groups is 2. The van der Waals surface area contributed by atoms with Gasteiger partial charge in [-0.15, -0.1) is 0 Å². The molecule has 29 heavy (non-hydrogen) atoms. The Labute approximate surface area is 170 Å². The summed E-state index contributed by atoms with van der Waals surface area (Å²) in [5, 5.41) is 9.87. The van der Waals surface area contributed by atoms with Crippen LogP contribution in [0, 0.1) is 0 Å². The van der Waals surface area contributed by atoms with Crippen molar-refractivity contribution in [3.8, 4) is 0 Å². The van der Waals surface area contributed by atoms with Crippen molar-refractivity contribution in [3.63, 3.8) is 0 Å². The Balaban J connectivity index is 1.55. The average molecular weight is 401 g/mol. The molecule has 0 bridgehead atoms. The molecule has 0 radical (unpaired) electrons. The number of nitrogens with one attached hydrogen (secondary N) is 3. The van der Waals surface area contributed by atoms with E-state index in [1.807, 2.05) is 12.1 Å². The second-order valence-electron chi connectivity index (χ2n) is 6.12. The van der Waals surface area contributed by atoms with E-state index in [1.54, 1.807) is 24.3 Å². The lowest BCUT2D eigenvalue weighted by molar-refractivity contribution is 0.0585. The van der Waals surface area contributed by atoms with E-state index in [2.05, 4.69) is 35.4 Å². The van der Waals surface area contributed by atoms with Gasteiger partial charge in [-0.25, -0.2) is 19.6 Å². The Bertz CT molecular complexity index is 734. The number of carbonyl (C=O) groups excluding carboxylic acids is 2. The molecule has 0 aliphatic rings. The summed E-state index contributed by atoms with van der Waals surface area (Å²) in [5.41, 5.74) is 2.19. The maximum Gasteiger partial charge on any atom is 0.356 e. The van der Waals surface area contributed by atoms with E-state index in [0.29, 0.717) is 24.5 Å². The molecule has 2 rings (SSSR count). The predicted octanol–water partition coefficient (Wildman–Crippen LogP) is 0.519. The molecule has 0 spiro atoms. The van der Waals surface area contributed by atoms with E-state index in [1.165, 1.54) is 14.2 Å². The molecule has 0 unspecified atom stereocenters. The third-order valence-corrected chi connectivity index (χ3v) is 3.97. The number of hydrogen-bond donors (Lipinski definition) is 3. The number of hydrogen-bond acceptors (Lipinski definition) is 9. The summed E-state index contributed by atoms with van der Waals surface area (Å²) < 4.78 is 9.34. The van der Waals surface area contributed by atoms with Crippen LogP contribution in [0.4, 0.5) is 0 Å². The highest BCUT2D eigenvalue weighted by molar-refractivity contribution is 5.87. The summed E-state index contributed by atoms with van der Waals surface area (Å²) in [6.07, 6.45) is 0. The summed E-state index contributed by atoms with van der Waals surface area (Å²) >= 11 is 0. The SMILES string of the molecule is COC(=O)c1cccc(CNCCNCCNCc2cccc(C(=O)OC)n2)n1. The number of ether oxygens (including phenoxy) is 2. The van der Waals surface area contributed by atoms with Crippen LogP contribution in [-0.4, -0.2) is 62.3 Å². The molecule has 2 aromatic heterocycles. The molecule has 0 saturated heterocycles. The van der Waals surface area contributed by atoms with E-state index in [9.17, 15) is 9.59 Å². The van der Waals surface area contributed by atoms with Gasteiger partial charge in [-0.05, 0) is 24.3 Å². The van der Waals surface area contributed by atoms with E-state index in [-0.39, 0.29) is 0 Å². The maximum atomic E-state index is 11.5. The summed E-state index contributed by atoms with van der Waals surface area (Å²) in [4.78, 5) is 31.4. The Morgan fingerprint density at radius 2 is 1.14 bits per heavy atom. The van der Waals surface area contributed by atoms with Crippen molar-refractivity contribution in [2.45, 2.75) is 13.1 Å². The van der Waals surface area contributed by atoms with Crippen LogP contribution in [0.25, 0.3) is 0 Å². The highest BCUT2D eigenvalue weighted by Crippen LogP contribution is 2.01. The van der Waals surface area contributed by atoms with Crippen LogP contribution in [-0.2, 0) is 22.6 Å². The molecule has 0 aliphatic carbocycles. The number of nitrogens with zero attached hydrogens (tertiary/aromatic N) is 2. The van der Waals surface area contributed by atoms with Gasteiger partial charge in [0.25, 0.3) is 0 Å². The lowest BCUT2D eigenvalue weighted by atomic mass is 10.3. The number of rotatable bonds is 12. The summed E-state index contributed by atoms with van der Waals surface area (Å²) in [6, 6.07) is 10.6. The molecule has 9 nitrogen and oxygen atoms in total. The fourth-order valence-electron chi connectivity index (χ4n) is 2.50. The number of methoxy groups -OCH3 is 2. The van der Waals surface area contributed by atoms with Gasteiger partial charge in [-0.2, -0.15) is 0 Å². The molecule has 0 aromatic carbocycles. The normalized spacial score (nSPS) is 10.6. The smallest absolute Gasteiger partial charge is 0.356 e. The summed E-state index contributed by atoms with van der Waals surface area (Å²) in [5.74, 6) is -0.874. The van der Waals surface area contributed by atoms with E-state index >= 15 is 0 Å². The van der Waals surface area contributed by atoms with Crippen LogP contribution in [0.2, 0.25) is 0 Å². The first-order valence-corrected chi connectivity index (χ1v) is 9.34. The minimum absolute atomic E-state index is 0.308. The first kappa shape index (κ1) is 22.4. The third kappa shape index (κ3) is 7.94. The summed E-state index contributed by atoms with van der Waals surface area (Å²) in [7, 11) is 2.68. The maximum absolute atomic E-state index is 11.5. The zero-order valence-corrected chi connectivity index (χ0v) is 16.7. The average Bonchev–Trinajstić information content (AvgIpc) is 2.77. The van der Waals surface area contributed by atoms with E-state index in [4.69, 9.17) is 0 Å². The first-order chi connectivity index (χ1) is 14.1. The van der Waals surface area contributed by atoms with Gasteiger partial charge in [-0.3, -0.25) is 0 Å². The molecule has 0 fully saturated rings. The molecular formula is C20H27N5O4. The molecule has 0 atom stereocenters. The van der Waals surface area contributed by atoms with Crippen molar-refractivity contribution in [1.82, 2.24) is 25.9 Å². The lowest BCUT2D eigenvalue weighted by Gasteiger charge is -2.08. The lowest BCUT2D eigenvalue weighted by Crippen LogP contribution is -2.32. The van der Waals surface area contributed by atoms with Crippen LogP contribution in [0.15, 0.2) is 36.4 Å².